The third kappa shape index (κ3) is 6.82. The van der Waals surface area contributed by atoms with Crippen molar-refractivity contribution in [3.8, 4) is 5.75 Å². The Bertz CT molecular complexity index is 463. The van der Waals surface area contributed by atoms with Crippen LogP contribution in [0.2, 0.25) is 0 Å². The SMILES string of the molecule is CC(O)C(N)CNC(=O)Nc1ccc(OC(F)(F)F)cc1. The monoisotopic (exact) mass is 307 g/mol. The minimum Gasteiger partial charge on any atom is -0.406 e. The maximum atomic E-state index is 12.0. The third-order valence-electron chi connectivity index (χ3n) is 2.46. The molecule has 0 aliphatic rings. The number of ether oxygens (including phenoxy) is 1. The van der Waals surface area contributed by atoms with Crippen LogP contribution in [0.15, 0.2) is 24.3 Å². The zero-order valence-electron chi connectivity index (χ0n) is 11.1. The number of carbonyl (C=O) groups is 1. The predicted octanol–water partition coefficient (Wildman–Crippen LogP) is 1.41. The van der Waals surface area contributed by atoms with Crippen molar-refractivity contribution < 1.29 is 27.8 Å². The summed E-state index contributed by atoms with van der Waals surface area (Å²) in [7, 11) is 0. The lowest BCUT2D eigenvalue weighted by atomic mass is 10.2. The van der Waals surface area contributed by atoms with Gasteiger partial charge in [0.15, 0.2) is 0 Å². The molecule has 5 N–H and O–H groups in total. The number of carbonyl (C=O) groups excluding carboxylic acids is 1. The first-order chi connectivity index (χ1) is 9.67. The zero-order valence-corrected chi connectivity index (χ0v) is 11.1. The van der Waals surface area contributed by atoms with E-state index in [4.69, 9.17) is 10.8 Å². The number of alkyl halides is 3. The third-order valence-corrected chi connectivity index (χ3v) is 2.46. The number of nitrogens with two attached hydrogens (primary N) is 1. The minimum atomic E-state index is -4.76. The second-order valence-corrected chi connectivity index (χ2v) is 4.31. The molecule has 0 heterocycles. The van der Waals surface area contributed by atoms with E-state index in [1.54, 1.807) is 0 Å². The van der Waals surface area contributed by atoms with Crippen LogP contribution in [0.1, 0.15) is 6.92 Å². The largest absolute Gasteiger partial charge is 0.573 e. The highest BCUT2D eigenvalue weighted by Crippen LogP contribution is 2.23. The first-order valence-corrected chi connectivity index (χ1v) is 6.01. The van der Waals surface area contributed by atoms with Gasteiger partial charge in [0.1, 0.15) is 5.75 Å². The Hall–Kier alpha value is -2.00. The molecule has 1 aromatic rings. The summed E-state index contributed by atoms with van der Waals surface area (Å²) in [5, 5.41) is 14.0. The van der Waals surface area contributed by atoms with Gasteiger partial charge in [-0.25, -0.2) is 4.79 Å². The Balaban J connectivity index is 2.46. The number of halogens is 3. The molecule has 2 atom stereocenters. The maximum Gasteiger partial charge on any atom is 0.573 e. The van der Waals surface area contributed by atoms with Crippen molar-refractivity contribution in [2.75, 3.05) is 11.9 Å². The number of rotatable bonds is 5. The van der Waals surface area contributed by atoms with Gasteiger partial charge in [0, 0.05) is 18.3 Å². The lowest BCUT2D eigenvalue weighted by Crippen LogP contribution is -2.44. The minimum absolute atomic E-state index is 0.0543. The number of urea groups is 1. The van der Waals surface area contributed by atoms with E-state index in [0.717, 1.165) is 12.1 Å². The lowest BCUT2D eigenvalue weighted by Gasteiger charge is -2.15. The molecule has 0 saturated heterocycles. The molecule has 1 aromatic carbocycles. The van der Waals surface area contributed by atoms with E-state index < -0.39 is 24.5 Å². The average molecular weight is 307 g/mol. The molecule has 0 aromatic heterocycles. The van der Waals surface area contributed by atoms with Crippen molar-refractivity contribution in [3.63, 3.8) is 0 Å². The molecular weight excluding hydrogens is 291 g/mol. The van der Waals surface area contributed by atoms with Crippen LogP contribution < -0.4 is 21.1 Å². The van der Waals surface area contributed by atoms with E-state index in [2.05, 4.69) is 15.4 Å². The van der Waals surface area contributed by atoms with Crippen molar-refractivity contribution in [1.29, 1.82) is 0 Å². The second-order valence-electron chi connectivity index (χ2n) is 4.31. The Morgan fingerprint density at radius 1 is 1.38 bits per heavy atom. The van der Waals surface area contributed by atoms with Gasteiger partial charge in [0.25, 0.3) is 0 Å². The standard InChI is InChI=1S/C12H16F3N3O3/c1-7(19)10(16)6-17-11(20)18-8-2-4-9(5-3-8)21-12(13,14)15/h2-5,7,10,19H,6,16H2,1H3,(H2,17,18,20). The van der Waals surface area contributed by atoms with Crippen LogP contribution in [0.5, 0.6) is 5.75 Å². The van der Waals surface area contributed by atoms with Gasteiger partial charge in [-0.3, -0.25) is 0 Å². The molecule has 0 fully saturated rings. The Labute approximate surface area is 119 Å². The molecule has 2 unspecified atom stereocenters. The topological polar surface area (TPSA) is 96.6 Å². The summed E-state index contributed by atoms with van der Waals surface area (Å²) >= 11 is 0. The first-order valence-electron chi connectivity index (χ1n) is 6.01. The normalized spacial score (nSPS) is 14.2. The van der Waals surface area contributed by atoms with Crippen LogP contribution >= 0.6 is 0 Å². The molecule has 0 aliphatic carbocycles. The molecule has 118 valence electrons. The van der Waals surface area contributed by atoms with Crippen LogP contribution in [0.4, 0.5) is 23.7 Å². The Morgan fingerprint density at radius 3 is 2.43 bits per heavy atom. The number of nitrogens with one attached hydrogen (secondary N) is 2. The molecule has 6 nitrogen and oxygen atoms in total. The fourth-order valence-corrected chi connectivity index (χ4v) is 1.30. The number of hydrogen-bond acceptors (Lipinski definition) is 4. The zero-order chi connectivity index (χ0) is 16.0. The molecule has 0 spiro atoms. The van der Waals surface area contributed by atoms with Crippen molar-refractivity contribution in [2.24, 2.45) is 5.73 Å². The molecular formula is C12H16F3N3O3. The van der Waals surface area contributed by atoms with Gasteiger partial charge in [-0.15, -0.1) is 13.2 Å². The highest BCUT2D eigenvalue weighted by molar-refractivity contribution is 5.89. The van der Waals surface area contributed by atoms with Gasteiger partial charge in [-0.1, -0.05) is 0 Å². The summed E-state index contributed by atoms with van der Waals surface area (Å²) in [5.41, 5.74) is 5.81. The highest BCUT2D eigenvalue weighted by atomic mass is 19.4. The molecule has 1 rings (SSSR count). The number of aliphatic hydroxyl groups is 1. The average Bonchev–Trinajstić information content (AvgIpc) is 2.36. The molecule has 0 bridgehead atoms. The molecule has 21 heavy (non-hydrogen) atoms. The number of benzene rings is 1. The van der Waals surface area contributed by atoms with Crippen molar-refractivity contribution in [1.82, 2.24) is 5.32 Å². The summed E-state index contributed by atoms with van der Waals surface area (Å²) in [5.74, 6) is -0.385. The number of hydrogen-bond donors (Lipinski definition) is 4. The number of amides is 2. The molecule has 0 aliphatic heterocycles. The fourth-order valence-electron chi connectivity index (χ4n) is 1.30. The number of anilines is 1. The second kappa shape index (κ2) is 7.14. The van der Waals surface area contributed by atoms with Crippen LogP contribution in [0.25, 0.3) is 0 Å². The summed E-state index contributed by atoms with van der Waals surface area (Å²) < 4.78 is 39.6. The summed E-state index contributed by atoms with van der Waals surface area (Å²) in [6.07, 6.45) is -5.53. The van der Waals surface area contributed by atoms with Gasteiger partial charge in [0.05, 0.1) is 6.10 Å². The molecule has 9 heteroatoms. The van der Waals surface area contributed by atoms with Crippen molar-refractivity contribution >= 4 is 11.7 Å². The predicted molar refractivity (Wildman–Crippen MR) is 69.8 cm³/mol. The van der Waals surface area contributed by atoms with Gasteiger partial charge in [-0.05, 0) is 31.2 Å². The highest BCUT2D eigenvalue weighted by Gasteiger charge is 2.30. The first kappa shape index (κ1) is 17.1. The van der Waals surface area contributed by atoms with Crippen LogP contribution in [-0.2, 0) is 0 Å². The molecule has 0 radical (unpaired) electrons. The lowest BCUT2D eigenvalue weighted by molar-refractivity contribution is -0.274. The Morgan fingerprint density at radius 2 is 1.95 bits per heavy atom. The summed E-state index contributed by atoms with van der Waals surface area (Å²) in [6.45, 7) is 1.54. The summed E-state index contributed by atoms with van der Waals surface area (Å²) in [4.78, 5) is 11.5. The van der Waals surface area contributed by atoms with Crippen LogP contribution in [0, 0.1) is 0 Å². The molecule has 2 amide bonds. The Kier molecular flexibility index (Phi) is 5.79. The van der Waals surface area contributed by atoms with Crippen molar-refractivity contribution in [3.05, 3.63) is 24.3 Å². The smallest absolute Gasteiger partial charge is 0.406 e. The van der Waals surface area contributed by atoms with Gasteiger partial charge in [0.2, 0.25) is 0 Å². The van der Waals surface area contributed by atoms with Crippen molar-refractivity contribution in [2.45, 2.75) is 25.4 Å². The van der Waals surface area contributed by atoms with E-state index >= 15 is 0 Å². The van der Waals surface area contributed by atoms with Crippen LogP contribution in [0.3, 0.4) is 0 Å². The van der Waals surface area contributed by atoms with Gasteiger partial charge in [-0.2, -0.15) is 0 Å². The van der Waals surface area contributed by atoms with E-state index in [9.17, 15) is 18.0 Å². The van der Waals surface area contributed by atoms with E-state index in [0.29, 0.717) is 0 Å². The van der Waals surface area contributed by atoms with E-state index in [1.807, 2.05) is 0 Å². The number of aliphatic hydroxyl groups excluding tert-OH is 1. The summed E-state index contributed by atoms with van der Waals surface area (Å²) in [6, 6.07) is 3.47. The van der Waals surface area contributed by atoms with Crippen LogP contribution in [-0.4, -0.2) is 36.2 Å². The maximum absolute atomic E-state index is 12.0. The van der Waals surface area contributed by atoms with E-state index in [1.165, 1.54) is 19.1 Å². The fraction of sp³-hybridized carbons (Fsp3) is 0.417. The van der Waals surface area contributed by atoms with E-state index in [-0.39, 0.29) is 18.0 Å². The van der Waals surface area contributed by atoms with Gasteiger partial charge < -0.3 is 26.2 Å². The molecule has 0 saturated carbocycles. The quantitative estimate of drug-likeness (QED) is 0.661. The van der Waals surface area contributed by atoms with Gasteiger partial charge >= 0.3 is 12.4 Å².